The maximum atomic E-state index is 7.70. The van der Waals surface area contributed by atoms with Crippen LogP contribution in [0.15, 0.2) is 48.5 Å². The summed E-state index contributed by atoms with van der Waals surface area (Å²) in [5.74, 6) is 0.110. The third-order valence-electron chi connectivity index (χ3n) is 3.12. The molecule has 3 heteroatoms. The summed E-state index contributed by atoms with van der Waals surface area (Å²) in [5, 5.41) is 7.70. The van der Waals surface area contributed by atoms with E-state index in [9.17, 15) is 0 Å². The number of aryl methyl sites for hydroxylation is 1. The number of hydrogen-bond donors (Lipinski definition) is 2. The molecule has 0 heterocycles. The second-order valence-corrected chi connectivity index (χ2v) is 4.78. The van der Waals surface area contributed by atoms with Gasteiger partial charge in [-0.1, -0.05) is 42.0 Å². The highest BCUT2D eigenvalue weighted by molar-refractivity contribution is 6.00. The van der Waals surface area contributed by atoms with Crippen molar-refractivity contribution in [2.24, 2.45) is 5.73 Å². The normalized spacial score (nSPS) is 10.2. The summed E-state index contributed by atoms with van der Waals surface area (Å²) in [4.78, 5) is 2.12. The summed E-state index contributed by atoms with van der Waals surface area (Å²) in [7, 11) is 2.02. The maximum Gasteiger partial charge on any atom is 0.124 e. The molecule has 0 radical (unpaired) electrons. The van der Waals surface area contributed by atoms with Crippen molar-refractivity contribution in [1.82, 2.24) is 0 Å². The Kier molecular flexibility index (Phi) is 3.85. The molecule has 0 aliphatic carbocycles. The van der Waals surface area contributed by atoms with Gasteiger partial charge >= 0.3 is 0 Å². The van der Waals surface area contributed by atoms with E-state index >= 15 is 0 Å². The van der Waals surface area contributed by atoms with E-state index in [-0.39, 0.29) is 5.84 Å². The lowest BCUT2D eigenvalue weighted by molar-refractivity contribution is 0.920. The number of amidine groups is 1. The molecule has 98 valence electrons. The average Bonchev–Trinajstić information content (AvgIpc) is 2.39. The molecule has 0 spiro atoms. The highest BCUT2D eigenvalue weighted by Gasteiger charge is 2.10. The van der Waals surface area contributed by atoms with Gasteiger partial charge in [0.15, 0.2) is 0 Å². The standard InChI is InChI=1S/C16H19N3/c1-12-8-9-15(14(10-12)16(17)18)19(2)11-13-6-4-3-5-7-13/h3-10H,11H2,1-2H3,(H3,17,18). The second-order valence-electron chi connectivity index (χ2n) is 4.78. The van der Waals surface area contributed by atoms with Crippen LogP contribution in [-0.4, -0.2) is 12.9 Å². The molecule has 0 atom stereocenters. The minimum absolute atomic E-state index is 0.110. The van der Waals surface area contributed by atoms with E-state index in [1.807, 2.05) is 50.4 Å². The Balaban J connectivity index is 2.28. The minimum Gasteiger partial charge on any atom is -0.384 e. The first kappa shape index (κ1) is 13.1. The third kappa shape index (κ3) is 3.13. The molecule has 0 aliphatic rings. The average molecular weight is 253 g/mol. The number of hydrogen-bond acceptors (Lipinski definition) is 2. The fourth-order valence-corrected chi connectivity index (χ4v) is 2.14. The van der Waals surface area contributed by atoms with Crippen molar-refractivity contribution in [3.05, 3.63) is 65.2 Å². The number of nitrogens with two attached hydrogens (primary N) is 1. The third-order valence-corrected chi connectivity index (χ3v) is 3.12. The maximum absolute atomic E-state index is 7.70. The zero-order chi connectivity index (χ0) is 13.8. The molecule has 0 aromatic heterocycles. The molecular formula is C16H19N3. The van der Waals surface area contributed by atoms with Crippen LogP contribution in [0.25, 0.3) is 0 Å². The number of nitrogens with zero attached hydrogens (tertiary/aromatic N) is 1. The monoisotopic (exact) mass is 253 g/mol. The molecule has 2 aromatic rings. The lowest BCUT2D eigenvalue weighted by Crippen LogP contribution is -2.22. The van der Waals surface area contributed by atoms with Gasteiger partial charge in [-0.25, -0.2) is 0 Å². The Morgan fingerprint density at radius 2 is 1.84 bits per heavy atom. The molecule has 0 unspecified atom stereocenters. The Labute approximate surface area is 114 Å². The minimum atomic E-state index is 0.110. The van der Waals surface area contributed by atoms with Crippen LogP contribution in [0, 0.1) is 12.3 Å². The molecule has 0 fully saturated rings. The van der Waals surface area contributed by atoms with Crippen LogP contribution in [0.5, 0.6) is 0 Å². The van der Waals surface area contributed by atoms with Crippen LogP contribution in [0.2, 0.25) is 0 Å². The summed E-state index contributed by atoms with van der Waals surface area (Å²) in [6, 6.07) is 16.3. The van der Waals surface area contributed by atoms with Crippen LogP contribution in [-0.2, 0) is 6.54 Å². The van der Waals surface area contributed by atoms with Crippen LogP contribution < -0.4 is 10.6 Å². The van der Waals surface area contributed by atoms with Crippen LogP contribution >= 0.6 is 0 Å². The highest BCUT2D eigenvalue weighted by Crippen LogP contribution is 2.22. The molecule has 0 aliphatic heterocycles. The first-order chi connectivity index (χ1) is 9.08. The first-order valence-corrected chi connectivity index (χ1v) is 6.28. The van der Waals surface area contributed by atoms with Crippen molar-refractivity contribution >= 4 is 11.5 Å². The summed E-state index contributed by atoms with van der Waals surface area (Å²) >= 11 is 0. The number of nitrogens with one attached hydrogen (secondary N) is 1. The van der Waals surface area contributed by atoms with Gasteiger partial charge in [-0.15, -0.1) is 0 Å². The predicted octanol–water partition coefficient (Wildman–Crippen LogP) is 2.92. The topological polar surface area (TPSA) is 53.1 Å². The van der Waals surface area contributed by atoms with Crippen LogP contribution in [0.3, 0.4) is 0 Å². The lowest BCUT2D eigenvalue weighted by atomic mass is 10.1. The number of rotatable bonds is 4. The smallest absolute Gasteiger partial charge is 0.124 e. The number of anilines is 1. The molecule has 3 nitrogen and oxygen atoms in total. The van der Waals surface area contributed by atoms with Crippen LogP contribution in [0.4, 0.5) is 5.69 Å². The molecular weight excluding hydrogens is 234 g/mol. The largest absolute Gasteiger partial charge is 0.384 e. The van der Waals surface area contributed by atoms with Gasteiger partial charge in [0.2, 0.25) is 0 Å². The predicted molar refractivity (Wildman–Crippen MR) is 80.7 cm³/mol. The summed E-state index contributed by atoms with van der Waals surface area (Å²) in [6.07, 6.45) is 0. The van der Waals surface area contributed by atoms with Gasteiger partial charge in [-0.3, -0.25) is 5.41 Å². The summed E-state index contributed by atoms with van der Waals surface area (Å²) in [5.41, 5.74) is 9.80. The van der Waals surface area contributed by atoms with Gasteiger partial charge in [0.05, 0.1) is 0 Å². The van der Waals surface area contributed by atoms with Crippen LogP contribution in [0.1, 0.15) is 16.7 Å². The van der Waals surface area contributed by atoms with Gasteiger partial charge in [0.25, 0.3) is 0 Å². The fourth-order valence-electron chi connectivity index (χ4n) is 2.14. The first-order valence-electron chi connectivity index (χ1n) is 6.28. The summed E-state index contributed by atoms with van der Waals surface area (Å²) in [6.45, 7) is 2.80. The molecule has 0 saturated heterocycles. The molecule has 0 saturated carbocycles. The fraction of sp³-hybridized carbons (Fsp3) is 0.188. The van der Waals surface area contributed by atoms with Crippen molar-refractivity contribution in [1.29, 1.82) is 5.41 Å². The zero-order valence-electron chi connectivity index (χ0n) is 11.4. The lowest BCUT2D eigenvalue weighted by Gasteiger charge is -2.22. The van der Waals surface area contributed by atoms with E-state index < -0.39 is 0 Å². The van der Waals surface area contributed by atoms with Crippen molar-refractivity contribution in [3.63, 3.8) is 0 Å². The number of nitrogen functional groups attached to an aromatic ring is 1. The van der Waals surface area contributed by atoms with Crippen molar-refractivity contribution in [2.45, 2.75) is 13.5 Å². The second kappa shape index (κ2) is 5.57. The van der Waals surface area contributed by atoms with Gasteiger partial charge in [-0.2, -0.15) is 0 Å². The Bertz CT molecular complexity index is 576. The Morgan fingerprint density at radius 1 is 1.16 bits per heavy atom. The van der Waals surface area contributed by atoms with E-state index in [1.165, 1.54) is 5.56 Å². The van der Waals surface area contributed by atoms with E-state index in [1.54, 1.807) is 0 Å². The van der Waals surface area contributed by atoms with Gasteiger partial charge in [0, 0.05) is 24.8 Å². The molecule has 2 rings (SSSR count). The summed E-state index contributed by atoms with van der Waals surface area (Å²) < 4.78 is 0. The highest BCUT2D eigenvalue weighted by atomic mass is 15.1. The van der Waals surface area contributed by atoms with Crippen molar-refractivity contribution in [3.8, 4) is 0 Å². The van der Waals surface area contributed by atoms with E-state index in [0.717, 1.165) is 23.4 Å². The van der Waals surface area contributed by atoms with Gasteiger partial charge in [0.1, 0.15) is 5.84 Å². The van der Waals surface area contributed by atoms with E-state index in [0.29, 0.717) is 0 Å². The van der Waals surface area contributed by atoms with Crippen molar-refractivity contribution in [2.75, 3.05) is 11.9 Å². The quantitative estimate of drug-likeness (QED) is 0.650. The molecule has 2 aromatic carbocycles. The van der Waals surface area contributed by atoms with E-state index in [4.69, 9.17) is 11.1 Å². The van der Waals surface area contributed by atoms with Crippen molar-refractivity contribution < 1.29 is 0 Å². The van der Waals surface area contributed by atoms with E-state index in [2.05, 4.69) is 17.0 Å². The molecule has 19 heavy (non-hydrogen) atoms. The zero-order valence-corrected chi connectivity index (χ0v) is 11.4. The van der Waals surface area contributed by atoms with Gasteiger partial charge in [-0.05, 0) is 24.6 Å². The number of benzene rings is 2. The molecule has 0 amide bonds. The molecule has 0 bridgehead atoms. The Morgan fingerprint density at radius 3 is 2.47 bits per heavy atom. The Hall–Kier alpha value is -2.29. The van der Waals surface area contributed by atoms with Gasteiger partial charge < -0.3 is 10.6 Å². The SMILES string of the molecule is Cc1ccc(N(C)Cc2ccccc2)c(C(=N)N)c1. The molecule has 3 N–H and O–H groups in total.